The van der Waals surface area contributed by atoms with Gasteiger partial charge in [0.2, 0.25) is 5.76 Å². The monoisotopic (exact) mass is 448 g/mol. The highest BCUT2D eigenvalue weighted by Gasteiger charge is 2.16. The van der Waals surface area contributed by atoms with Crippen molar-refractivity contribution < 1.29 is 32.4 Å². The van der Waals surface area contributed by atoms with Crippen LogP contribution in [0.15, 0.2) is 70.0 Å². The number of non-ortho nitro benzene ring substituents is 1. The van der Waals surface area contributed by atoms with Crippen molar-refractivity contribution in [1.82, 2.24) is 0 Å². The molecule has 1 heterocycles. The van der Waals surface area contributed by atoms with Crippen molar-refractivity contribution >= 4 is 35.0 Å². The van der Waals surface area contributed by atoms with Crippen molar-refractivity contribution in [3.8, 4) is 11.3 Å². The summed E-state index contributed by atoms with van der Waals surface area (Å²) in [7, 11) is 0. The maximum absolute atomic E-state index is 12.3. The van der Waals surface area contributed by atoms with Gasteiger partial charge < -0.3 is 14.5 Å². The summed E-state index contributed by atoms with van der Waals surface area (Å²) in [4.78, 5) is 34.5. The van der Waals surface area contributed by atoms with Gasteiger partial charge >= 0.3 is 5.97 Å². The largest absolute Gasteiger partial charge is 0.450 e. The Hall–Kier alpha value is -3.73. The summed E-state index contributed by atoms with van der Waals surface area (Å²) in [6.07, 6.45) is 0. The first kappa shape index (κ1) is 22.0. The van der Waals surface area contributed by atoms with E-state index in [9.17, 15) is 28.5 Å². The van der Waals surface area contributed by atoms with Gasteiger partial charge in [0.1, 0.15) is 5.76 Å². The molecule has 3 rings (SSSR count). The number of amides is 1. The molecule has 0 radical (unpaired) electrons. The number of alkyl halides is 2. The zero-order valence-electron chi connectivity index (χ0n) is 15.6. The molecule has 1 amide bonds. The molecule has 0 aliphatic rings. The van der Waals surface area contributed by atoms with E-state index in [1.165, 1.54) is 60.7 Å². The maximum Gasteiger partial charge on any atom is 0.374 e. The molecular formula is C20H14F2N2O6S. The number of carbonyl (C=O) groups is 2. The zero-order valence-corrected chi connectivity index (χ0v) is 16.4. The van der Waals surface area contributed by atoms with Crippen LogP contribution in [0.1, 0.15) is 10.6 Å². The minimum Gasteiger partial charge on any atom is -0.450 e. The quantitative estimate of drug-likeness (QED) is 0.224. The predicted octanol–water partition coefficient (Wildman–Crippen LogP) is 4.97. The lowest BCUT2D eigenvalue weighted by Crippen LogP contribution is -2.20. The Labute approximate surface area is 178 Å². The molecule has 160 valence electrons. The number of hydrogen-bond acceptors (Lipinski definition) is 7. The minimum atomic E-state index is -2.54. The fourth-order valence-corrected chi connectivity index (χ4v) is 2.97. The second-order valence-corrected chi connectivity index (χ2v) is 7.06. The average molecular weight is 448 g/mol. The van der Waals surface area contributed by atoms with Crippen LogP contribution in [0.2, 0.25) is 0 Å². The maximum atomic E-state index is 12.3. The van der Waals surface area contributed by atoms with Crippen molar-refractivity contribution in [2.24, 2.45) is 0 Å². The van der Waals surface area contributed by atoms with Crippen LogP contribution in [0.3, 0.4) is 0 Å². The second-order valence-electron chi connectivity index (χ2n) is 6.00. The number of rotatable bonds is 8. The van der Waals surface area contributed by atoms with E-state index < -0.39 is 29.2 Å². The fraction of sp³-hybridized carbons (Fsp3) is 0.100. The van der Waals surface area contributed by atoms with Crippen LogP contribution in [-0.4, -0.2) is 29.2 Å². The van der Waals surface area contributed by atoms with Crippen LogP contribution in [-0.2, 0) is 9.53 Å². The van der Waals surface area contributed by atoms with Crippen molar-refractivity contribution in [3.05, 3.63) is 76.5 Å². The van der Waals surface area contributed by atoms with Crippen molar-refractivity contribution in [3.63, 3.8) is 0 Å². The van der Waals surface area contributed by atoms with Gasteiger partial charge in [-0.05, 0) is 48.5 Å². The van der Waals surface area contributed by atoms with Crippen LogP contribution >= 0.6 is 11.8 Å². The van der Waals surface area contributed by atoms with E-state index in [4.69, 9.17) is 9.15 Å². The number of nitro benzene ring substituents is 1. The van der Waals surface area contributed by atoms with Crippen molar-refractivity contribution in [2.75, 3.05) is 11.9 Å². The molecule has 0 saturated heterocycles. The third kappa shape index (κ3) is 6.12. The number of hydrogen-bond donors (Lipinski definition) is 1. The lowest BCUT2D eigenvalue weighted by atomic mass is 10.1. The van der Waals surface area contributed by atoms with E-state index in [1.807, 2.05) is 0 Å². The summed E-state index contributed by atoms with van der Waals surface area (Å²) in [5.41, 5.74) is 0.803. The summed E-state index contributed by atoms with van der Waals surface area (Å²) >= 11 is 0.384. The van der Waals surface area contributed by atoms with Gasteiger partial charge in [0, 0.05) is 28.3 Å². The highest BCUT2D eigenvalue weighted by Crippen LogP contribution is 2.26. The Balaban J connectivity index is 1.52. The lowest BCUT2D eigenvalue weighted by molar-refractivity contribution is -0.384. The van der Waals surface area contributed by atoms with Gasteiger partial charge in [-0.15, -0.1) is 0 Å². The molecule has 0 bridgehead atoms. The molecule has 0 aliphatic carbocycles. The fourth-order valence-electron chi connectivity index (χ4n) is 2.47. The summed E-state index contributed by atoms with van der Waals surface area (Å²) in [6, 6.07) is 14.2. The molecule has 1 aromatic heterocycles. The van der Waals surface area contributed by atoms with Crippen LogP contribution in [0, 0.1) is 10.1 Å². The van der Waals surface area contributed by atoms with Gasteiger partial charge in [-0.3, -0.25) is 14.9 Å². The molecule has 0 aliphatic heterocycles. The standard InChI is InChI=1S/C20H14F2N2O6S/c21-20(22)31-15-7-3-13(4-8-15)23-18(25)11-29-19(26)17-10-9-16(30-17)12-1-5-14(6-2-12)24(27)28/h1-10,20H,11H2,(H,23,25). The van der Waals surface area contributed by atoms with E-state index in [0.717, 1.165) is 0 Å². The highest BCUT2D eigenvalue weighted by atomic mass is 32.2. The van der Waals surface area contributed by atoms with Crippen molar-refractivity contribution in [2.45, 2.75) is 10.7 Å². The molecule has 2 aromatic carbocycles. The van der Waals surface area contributed by atoms with E-state index >= 15 is 0 Å². The Kier molecular flexibility index (Phi) is 6.98. The third-order valence-electron chi connectivity index (χ3n) is 3.87. The number of nitro groups is 1. The number of halogens is 2. The van der Waals surface area contributed by atoms with E-state index in [2.05, 4.69) is 5.32 Å². The number of nitrogens with one attached hydrogen (secondary N) is 1. The van der Waals surface area contributed by atoms with Crippen LogP contribution in [0.5, 0.6) is 0 Å². The molecule has 0 spiro atoms. The molecule has 3 aromatic rings. The van der Waals surface area contributed by atoms with Gasteiger partial charge in [0.15, 0.2) is 6.61 Å². The number of benzene rings is 2. The minimum absolute atomic E-state index is 0.0802. The molecule has 0 unspecified atom stereocenters. The van der Waals surface area contributed by atoms with Crippen LogP contribution in [0.4, 0.5) is 20.2 Å². The number of carbonyl (C=O) groups excluding carboxylic acids is 2. The number of esters is 1. The third-order valence-corrected chi connectivity index (χ3v) is 4.59. The van der Waals surface area contributed by atoms with Gasteiger partial charge in [-0.1, -0.05) is 11.8 Å². The molecule has 8 nitrogen and oxygen atoms in total. The molecule has 0 saturated carbocycles. The normalized spacial score (nSPS) is 10.7. The number of anilines is 1. The number of thioether (sulfide) groups is 1. The van der Waals surface area contributed by atoms with Gasteiger partial charge in [0.25, 0.3) is 17.4 Å². The first-order chi connectivity index (χ1) is 14.8. The number of nitrogens with zero attached hydrogens (tertiary/aromatic N) is 1. The number of furan rings is 1. The molecular weight excluding hydrogens is 434 g/mol. The zero-order chi connectivity index (χ0) is 22.4. The van der Waals surface area contributed by atoms with E-state index in [0.29, 0.717) is 33.7 Å². The predicted molar refractivity (Wildman–Crippen MR) is 108 cm³/mol. The first-order valence-electron chi connectivity index (χ1n) is 8.68. The second kappa shape index (κ2) is 9.85. The molecule has 0 fully saturated rings. The summed E-state index contributed by atoms with van der Waals surface area (Å²) in [6.45, 7) is -0.583. The first-order valence-corrected chi connectivity index (χ1v) is 9.56. The molecule has 0 atom stereocenters. The summed E-state index contributed by atoms with van der Waals surface area (Å²) < 4.78 is 34.9. The van der Waals surface area contributed by atoms with Gasteiger partial charge in [-0.25, -0.2) is 4.79 Å². The van der Waals surface area contributed by atoms with Gasteiger partial charge in [-0.2, -0.15) is 8.78 Å². The number of ether oxygens (including phenoxy) is 1. The van der Waals surface area contributed by atoms with E-state index in [1.54, 1.807) is 0 Å². The highest BCUT2D eigenvalue weighted by molar-refractivity contribution is 7.99. The van der Waals surface area contributed by atoms with Crippen LogP contribution in [0.25, 0.3) is 11.3 Å². The lowest BCUT2D eigenvalue weighted by Gasteiger charge is -2.07. The SMILES string of the molecule is O=C(COC(=O)c1ccc(-c2ccc([N+](=O)[O-])cc2)o1)Nc1ccc(SC(F)F)cc1. The van der Waals surface area contributed by atoms with Crippen molar-refractivity contribution in [1.29, 1.82) is 0 Å². The van der Waals surface area contributed by atoms with Crippen LogP contribution < -0.4 is 5.32 Å². The Bertz CT molecular complexity index is 1080. The summed E-state index contributed by atoms with van der Waals surface area (Å²) in [5.74, 6) is -3.87. The molecule has 1 N–H and O–H groups in total. The average Bonchev–Trinajstić information content (AvgIpc) is 3.23. The Morgan fingerprint density at radius 3 is 2.35 bits per heavy atom. The van der Waals surface area contributed by atoms with E-state index in [-0.39, 0.29) is 11.4 Å². The topological polar surface area (TPSA) is 112 Å². The Morgan fingerprint density at radius 2 is 1.74 bits per heavy atom. The summed E-state index contributed by atoms with van der Waals surface area (Å²) in [5, 5.41) is 13.2. The molecule has 31 heavy (non-hydrogen) atoms. The van der Waals surface area contributed by atoms with Gasteiger partial charge in [0.05, 0.1) is 4.92 Å². The Morgan fingerprint density at radius 1 is 1.06 bits per heavy atom. The molecule has 11 heteroatoms. The smallest absolute Gasteiger partial charge is 0.374 e.